The van der Waals surface area contributed by atoms with Gasteiger partial charge in [0, 0.05) is 11.9 Å². The van der Waals surface area contributed by atoms with Crippen LogP contribution in [-0.2, 0) is 0 Å². The normalized spacial score (nSPS) is 8.83. The number of aryl methyl sites for hydroxylation is 1. The van der Waals surface area contributed by atoms with Crippen molar-refractivity contribution < 1.29 is 9.90 Å². The molecule has 60 valence electrons. The minimum absolute atomic E-state index is 0. The second-order valence-electron chi connectivity index (χ2n) is 2.11. The van der Waals surface area contributed by atoms with Crippen LogP contribution in [0.2, 0.25) is 5.02 Å². The molecule has 1 aromatic rings. The predicted molar refractivity (Wildman–Crippen MR) is 48.1 cm³/mol. The number of halogens is 1. The molecule has 1 heterocycles. The van der Waals surface area contributed by atoms with Gasteiger partial charge in [-0.15, -0.1) is 0 Å². The molecule has 1 aromatic heterocycles. The second-order valence-corrected chi connectivity index (χ2v) is 2.52. The zero-order valence-electron chi connectivity index (χ0n) is 5.84. The molecule has 0 unspecified atom stereocenters. The van der Waals surface area contributed by atoms with Gasteiger partial charge in [0.25, 0.3) is 0 Å². The molecule has 3 nitrogen and oxygen atoms in total. The Morgan fingerprint density at radius 2 is 2.25 bits per heavy atom. The van der Waals surface area contributed by atoms with Crippen LogP contribution in [-0.4, -0.2) is 34.9 Å². The predicted octanol–water partition coefficient (Wildman–Crippen LogP) is 1.09. The molecule has 0 saturated carbocycles. The SMILES string of the molecule is Cc1cc(Cl)c(C(=O)O)cn1.[LiH]. The van der Waals surface area contributed by atoms with E-state index in [2.05, 4.69) is 4.98 Å². The van der Waals surface area contributed by atoms with Crippen molar-refractivity contribution in [1.82, 2.24) is 4.98 Å². The summed E-state index contributed by atoms with van der Waals surface area (Å²) in [6.45, 7) is 1.75. The third kappa shape index (κ3) is 2.53. The molecule has 12 heavy (non-hydrogen) atoms. The van der Waals surface area contributed by atoms with Crippen molar-refractivity contribution in [2.75, 3.05) is 0 Å². The van der Waals surface area contributed by atoms with Crippen molar-refractivity contribution in [1.29, 1.82) is 0 Å². The number of nitrogens with zero attached hydrogens (tertiary/aromatic N) is 1. The molecule has 0 bridgehead atoms. The van der Waals surface area contributed by atoms with Crippen molar-refractivity contribution in [3.63, 3.8) is 0 Å². The van der Waals surface area contributed by atoms with Crippen LogP contribution < -0.4 is 0 Å². The van der Waals surface area contributed by atoms with E-state index in [1.165, 1.54) is 12.3 Å². The fourth-order valence-electron chi connectivity index (χ4n) is 0.684. The van der Waals surface area contributed by atoms with E-state index >= 15 is 0 Å². The molecule has 0 aliphatic heterocycles. The van der Waals surface area contributed by atoms with E-state index in [9.17, 15) is 4.79 Å². The summed E-state index contributed by atoms with van der Waals surface area (Å²) in [5.41, 5.74) is 0.747. The van der Waals surface area contributed by atoms with Crippen LogP contribution in [0.3, 0.4) is 0 Å². The average molecular weight is 180 g/mol. The standard InChI is InChI=1S/C7H6ClNO2.Li.H/c1-4-2-6(8)5(3-9-4)7(10)11;;/h2-3H,1H3,(H,10,11);;. The first-order valence-electron chi connectivity index (χ1n) is 2.96. The Hall–Kier alpha value is -0.493. The van der Waals surface area contributed by atoms with Gasteiger partial charge < -0.3 is 5.11 Å². The third-order valence-corrected chi connectivity index (χ3v) is 1.53. The fraction of sp³-hybridized carbons (Fsp3) is 0.143. The van der Waals surface area contributed by atoms with E-state index < -0.39 is 5.97 Å². The summed E-state index contributed by atoms with van der Waals surface area (Å²) in [6.07, 6.45) is 1.25. The van der Waals surface area contributed by atoms with Gasteiger partial charge in [-0.05, 0) is 13.0 Å². The number of rotatable bonds is 1. The van der Waals surface area contributed by atoms with Gasteiger partial charge >= 0.3 is 24.8 Å². The summed E-state index contributed by atoms with van der Waals surface area (Å²) in [6, 6.07) is 1.52. The first kappa shape index (κ1) is 11.5. The molecule has 0 aliphatic carbocycles. The Labute approximate surface area is 86.9 Å². The van der Waals surface area contributed by atoms with E-state index in [0.717, 1.165) is 0 Å². The Morgan fingerprint density at radius 3 is 2.67 bits per heavy atom. The number of carboxylic acid groups (broad SMARTS) is 1. The topological polar surface area (TPSA) is 50.2 Å². The van der Waals surface area contributed by atoms with Gasteiger partial charge in [0.1, 0.15) is 0 Å². The second kappa shape index (κ2) is 4.51. The molecule has 0 radical (unpaired) electrons. The van der Waals surface area contributed by atoms with Crippen molar-refractivity contribution in [2.24, 2.45) is 0 Å². The zero-order chi connectivity index (χ0) is 8.43. The van der Waals surface area contributed by atoms with E-state index in [0.29, 0.717) is 5.69 Å². The Morgan fingerprint density at radius 1 is 1.67 bits per heavy atom. The summed E-state index contributed by atoms with van der Waals surface area (Å²) < 4.78 is 0. The van der Waals surface area contributed by atoms with Crippen molar-refractivity contribution in [3.05, 3.63) is 28.5 Å². The fourth-order valence-corrected chi connectivity index (χ4v) is 0.971. The number of pyridine rings is 1. The Kier molecular flexibility index (Phi) is 4.33. The summed E-state index contributed by atoms with van der Waals surface area (Å²) in [4.78, 5) is 14.2. The molecule has 1 N–H and O–H groups in total. The molecule has 0 saturated heterocycles. The summed E-state index contributed by atoms with van der Waals surface area (Å²) in [5, 5.41) is 8.76. The van der Waals surface area contributed by atoms with Crippen LogP contribution in [0.15, 0.2) is 12.3 Å². The average Bonchev–Trinajstić information content (AvgIpc) is 1.85. The molecule has 5 heteroatoms. The summed E-state index contributed by atoms with van der Waals surface area (Å²) in [7, 11) is 0. The van der Waals surface area contributed by atoms with Crippen LogP contribution in [0.5, 0.6) is 0 Å². The van der Waals surface area contributed by atoms with Crippen LogP contribution in [0.25, 0.3) is 0 Å². The van der Waals surface area contributed by atoms with Crippen LogP contribution in [0.1, 0.15) is 16.1 Å². The van der Waals surface area contributed by atoms with E-state index in [-0.39, 0.29) is 29.4 Å². The third-order valence-electron chi connectivity index (χ3n) is 1.22. The van der Waals surface area contributed by atoms with Crippen molar-refractivity contribution in [2.45, 2.75) is 6.92 Å². The zero-order valence-corrected chi connectivity index (χ0v) is 6.59. The number of aromatic nitrogens is 1. The number of carboxylic acids is 1. The quantitative estimate of drug-likeness (QED) is 0.657. The van der Waals surface area contributed by atoms with E-state index in [1.807, 2.05) is 0 Å². The van der Waals surface area contributed by atoms with Gasteiger partial charge in [-0.1, -0.05) is 11.6 Å². The van der Waals surface area contributed by atoms with Gasteiger partial charge in [-0.3, -0.25) is 4.98 Å². The van der Waals surface area contributed by atoms with Gasteiger partial charge in [-0.25, -0.2) is 4.79 Å². The first-order chi connectivity index (χ1) is 5.11. The molecule has 0 amide bonds. The van der Waals surface area contributed by atoms with Crippen molar-refractivity contribution in [3.8, 4) is 0 Å². The first-order valence-corrected chi connectivity index (χ1v) is 3.34. The Bertz CT molecular complexity index is 303. The monoisotopic (exact) mass is 179 g/mol. The molecule has 1 rings (SSSR count). The maximum absolute atomic E-state index is 10.4. The van der Waals surface area contributed by atoms with E-state index in [1.54, 1.807) is 6.92 Å². The van der Waals surface area contributed by atoms with Gasteiger partial charge in [0.15, 0.2) is 0 Å². The van der Waals surface area contributed by atoms with Crippen molar-refractivity contribution >= 4 is 36.4 Å². The molecular formula is C7H7ClLiNO2. The summed E-state index contributed by atoms with van der Waals surface area (Å²) in [5.74, 6) is -1.05. The number of aromatic carboxylic acids is 1. The van der Waals surface area contributed by atoms with Crippen LogP contribution in [0.4, 0.5) is 0 Å². The molecule has 0 aliphatic rings. The molecule has 0 fully saturated rings. The van der Waals surface area contributed by atoms with E-state index in [4.69, 9.17) is 16.7 Å². The number of hydrogen-bond acceptors (Lipinski definition) is 2. The molecular weight excluding hydrogens is 172 g/mol. The van der Waals surface area contributed by atoms with Gasteiger partial charge in [0.05, 0.1) is 10.6 Å². The molecule has 0 spiro atoms. The molecule has 0 atom stereocenters. The van der Waals surface area contributed by atoms with Gasteiger partial charge in [0.2, 0.25) is 0 Å². The minimum atomic E-state index is -1.05. The number of carbonyl (C=O) groups is 1. The maximum atomic E-state index is 10.4. The Balaban J connectivity index is 0.00000121. The van der Waals surface area contributed by atoms with Crippen LogP contribution >= 0.6 is 11.6 Å². The van der Waals surface area contributed by atoms with Gasteiger partial charge in [-0.2, -0.15) is 0 Å². The number of hydrogen-bond donors (Lipinski definition) is 1. The summed E-state index contributed by atoms with van der Waals surface area (Å²) >= 11 is 5.60. The molecule has 0 aromatic carbocycles. The van der Waals surface area contributed by atoms with Crippen LogP contribution in [0, 0.1) is 6.92 Å².